The third kappa shape index (κ3) is 3.01. The molecule has 16 heavy (non-hydrogen) atoms. The van der Waals surface area contributed by atoms with Crippen LogP contribution in [0, 0.1) is 0 Å². The molecule has 4 nitrogen and oxygen atoms in total. The molecule has 0 radical (unpaired) electrons. The molecule has 5 heteroatoms. The molecule has 0 bridgehead atoms. The lowest BCUT2D eigenvalue weighted by Crippen LogP contribution is -2.19. The van der Waals surface area contributed by atoms with E-state index in [4.69, 9.17) is 0 Å². The van der Waals surface area contributed by atoms with Gasteiger partial charge in [-0.3, -0.25) is 9.67 Å². The van der Waals surface area contributed by atoms with Crippen LogP contribution in [0.25, 0.3) is 0 Å². The van der Waals surface area contributed by atoms with Gasteiger partial charge in [0.05, 0.1) is 18.8 Å². The van der Waals surface area contributed by atoms with Gasteiger partial charge in [-0.1, -0.05) is 25.1 Å². The molecule has 2 rings (SSSR count). The summed E-state index contributed by atoms with van der Waals surface area (Å²) in [5, 5.41) is 9.40. The van der Waals surface area contributed by atoms with E-state index in [-0.39, 0.29) is 0 Å². The van der Waals surface area contributed by atoms with E-state index in [2.05, 4.69) is 22.3 Å². The van der Waals surface area contributed by atoms with Gasteiger partial charge in [-0.25, -0.2) is 0 Å². The second kappa shape index (κ2) is 5.39. The molecule has 0 saturated carbocycles. The number of aryl methyl sites for hydroxylation is 1. The molecule has 1 atom stereocenters. The van der Waals surface area contributed by atoms with E-state index in [0.29, 0.717) is 5.25 Å². The average Bonchev–Trinajstić information content (AvgIpc) is 2.85. The average molecular weight is 238 g/mol. The predicted octanol–water partition coefficient (Wildman–Crippen LogP) is 1.78. The Bertz CT molecular complexity index is 372. The second-order valence-electron chi connectivity index (χ2n) is 4.01. The summed E-state index contributed by atoms with van der Waals surface area (Å²) in [6.07, 6.45) is 4.45. The Morgan fingerprint density at radius 2 is 2.50 bits per heavy atom. The quantitative estimate of drug-likeness (QED) is 0.869. The first-order chi connectivity index (χ1) is 7.78. The Morgan fingerprint density at radius 3 is 3.19 bits per heavy atom. The number of hydrogen-bond donors (Lipinski definition) is 1. The fourth-order valence-electron chi connectivity index (χ4n) is 1.71. The zero-order chi connectivity index (χ0) is 11.4. The normalized spacial score (nSPS) is 19.9. The van der Waals surface area contributed by atoms with Crippen molar-refractivity contribution in [2.45, 2.75) is 31.6 Å². The summed E-state index contributed by atoms with van der Waals surface area (Å²) in [6, 6.07) is 2.02. The van der Waals surface area contributed by atoms with Crippen LogP contribution in [0.4, 0.5) is 0 Å². The summed E-state index contributed by atoms with van der Waals surface area (Å²) in [4.78, 5) is 4.49. The molecule has 0 amide bonds. The van der Waals surface area contributed by atoms with Crippen LogP contribution in [-0.4, -0.2) is 26.7 Å². The number of amidine groups is 1. The molecule has 0 aromatic carbocycles. The van der Waals surface area contributed by atoms with Crippen LogP contribution in [0.15, 0.2) is 17.3 Å². The van der Waals surface area contributed by atoms with Crippen molar-refractivity contribution < 1.29 is 0 Å². The van der Waals surface area contributed by atoms with E-state index >= 15 is 0 Å². The highest BCUT2D eigenvalue weighted by molar-refractivity contribution is 8.14. The molecule has 1 aliphatic rings. The molecular weight excluding hydrogens is 220 g/mol. The Hall–Kier alpha value is -0.970. The van der Waals surface area contributed by atoms with Crippen molar-refractivity contribution in [2.75, 3.05) is 6.54 Å². The lowest BCUT2D eigenvalue weighted by molar-refractivity contribution is 0.730. The van der Waals surface area contributed by atoms with E-state index < -0.39 is 0 Å². The van der Waals surface area contributed by atoms with Gasteiger partial charge >= 0.3 is 0 Å². The topological polar surface area (TPSA) is 42.2 Å². The maximum atomic E-state index is 4.49. The van der Waals surface area contributed by atoms with E-state index in [9.17, 15) is 0 Å². The number of nitrogens with zero attached hydrogens (tertiary/aromatic N) is 3. The van der Waals surface area contributed by atoms with Crippen molar-refractivity contribution in [1.29, 1.82) is 0 Å². The molecule has 88 valence electrons. The molecule has 1 aromatic heterocycles. The second-order valence-corrected chi connectivity index (χ2v) is 5.30. The first-order valence-electron chi connectivity index (χ1n) is 5.71. The van der Waals surface area contributed by atoms with Crippen molar-refractivity contribution in [3.05, 3.63) is 18.0 Å². The van der Waals surface area contributed by atoms with Crippen LogP contribution in [-0.2, 0) is 13.6 Å². The highest BCUT2D eigenvalue weighted by atomic mass is 32.2. The van der Waals surface area contributed by atoms with Gasteiger partial charge in [0, 0.05) is 18.5 Å². The molecule has 0 spiro atoms. The highest BCUT2D eigenvalue weighted by Gasteiger charge is 2.18. The number of rotatable bonds is 4. The number of aliphatic imine (C=N–C) groups is 1. The largest absolute Gasteiger partial charge is 0.359 e. The number of thioether (sulfide) groups is 1. The molecular formula is C11H18N4S. The number of aromatic nitrogens is 2. The summed E-state index contributed by atoms with van der Waals surface area (Å²) < 4.78 is 1.82. The zero-order valence-corrected chi connectivity index (χ0v) is 10.6. The van der Waals surface area contributed by atoms with Gasteiger partial charge in [-0.2, -0.15) is 5.10 Å². The highest BCUT2D eigenvalue weighted by Crippen LogP contribution is 2.23. The Kier molecular flexibility index (Phi) is 3.88. The molecule has 0 fully saturated rings. The summed E-state index contributed by atoms with van der Waals surface area (Å²) in [5.74, 6) is 0. The third-order valence-corrected chi connectivity index (χ3v) is 3.73. The smallest absolute Gasteiger partial charge is 0.157 e. The van der Waals surface area contributed by atoms with Crippen molar-refractivity contribution >= 4 is 16.9 Å². The van der Waals surface area contributed by atoms with Gasteiger partial charge in [-0.15, -0.1) is 0 Å². The molecule has 2 heterocycles. The SMILES string of the molecule is CCCC1CN=C(NCc2ccn(C)n2)S1. The summed E-state index contributed by atoms with van der Waals surface area (Å²) in [5.41, 5.74) is 1.06. The first-order valence-corrected chi connectivity index (χ1v) is 6.59. The molecule has 0 saturated heterocycles. The zero-order valence-electron chi connectivity index (χ0n) is 9.81. The summed E-state index contributed by atoms with van der Waals surface area (Å²) in [7, 11) is 1.93. The number of hydrogen-bond acceptors (Lipinski definition) is 4. The Labute approximate surface area is 101 Å². The third-order valence-electron chi connectivity index (χ3n) is 2.52. The standard InChI is InChI=1S/C11H18N4S/c1-3-4-10-8-13-11(16-10)12-7-9-5-6-15(2)14-9/h5-6,10H,3-4,7-8H2,1-2H3,(H,12,13). The molecule has 0 aliphatic carbocycles. The van der Waals surface area contributed by atoms with Gasteiger partial charge in [0.1, 0.15) is 0 Å². The summed E-state index contributed by atoms with van der Waals surface area (Å²) in [6.45, 7) is 3.95. The minimum Gasteiger partial charge on any atom is -0.359 e. The monoisotopic (exact) mass is 238 g/mol. The van der Waals surface area contributed by atoms with E-state index in [1.165, 1.54) is 12.8 Å². The fraction of sp³-hybridized carbons (Fsp3) is 0.636. The van der Waals surface area contributed by atoms with E-state index in [1.807, 2.05) is 35.8 Å². The molecule has 1 aliphatic heterocycles. The van der Waals surface area contributed by atoms with Crippen molar-refractivity contribution in [3.8, 4) is 0 Å². The van der Waals surface area contributed by atoms with Crippen LogP contribution >= 0.6 is 11.8 Å². The van der Waals surface area contributed by atoms with E-state index in [0.717, 1.165) is 24.0 Å². The summed E-state index contributed by atoms with van der Waals surface area (Å²) >= 11 is 1.87. The first kappa shape index (κ1) is 11.5. The lowest BCUT2D eigenvalue weighted by Gasteiger charge is -2.06. The van der Waals surface area contributed by atoms with E-state index in [1.54, 1.807) is 0 Å². The van der Waals surface area contributed by atoms with Crippen molar-refractivity contribution in [3.63, 3.8) is 0 Å². The van der Waals surface area contributed by atoms with Crippen LogP contribution in [0.1, 0.15) is 25.5 Å². The van der Waals surface area contributed by atoms with Crippen molar-refractivity contribution in [2.24, 2.45) is 12.0 Å². The van der Waals surface area contributed by atoms with Gasteiger partial charge in [0.2, 0.25) is 0 Å². The van der Waals surface area contributed by atoms with Crippen LogP contribution in [0.3, 0.4) is 0 Å². The maximum absolute atomic E-state index is 4.49. The predicted molar refractivity (Wildman–Crippen MR) is 68.6 cm³/mol. The molecule has 1 unspecified atom stereocenters. The van der Waals surface area contributed by atoms with Crippen LogP contribution < -0.4 is 5.32 Å². The van der Waals surface area contributed by atoms with Gasteiger partial charge in [0.15, 0.2) is 5.17 Å². The number of nitrogens with one attached hydrogen (secondary N) is 1. The molecule has 1 aromatic rings. The lowest BCUT2D eigenvalue weighted by atomic mass is 10.2. The van der Waals surface area contributed by atoms with Crippen LogP contribution in [0.5, 0.6) is 0 Å². The Balaban J connectivity index is 1.75. The van der Waals surface area contributed by atoms with Gasteiger partial charge < -0.3 is 5.32 Å². The van der Waals surface area contributed by atoms with Crippen LogP contribution in [0.2, 0.25) is 0 Å². The molecule has 1 N–H and O–H groups in total. The maximum Gasteiger partial charge on any atom is 0.157 e. The minimum absolute atomic E-state index is 0.677. The minimum atomic E-state index is 0.677. The van der Waals surface area contributed by atoms with Gasteiger partial charge in [-0.05, 0) is 12.5 Å². The fourth-order valence-corrected chi connectivity index (χ4v) is 2.83. The van der Waals surface area contributed by atoms with Gasteiger partial charge in [0.25, 0.3) is 0 Å². The van der Waals surface area contributed by atoms with Crippen molar-refractivity contribution in [1.82, 2.24) is 15.1 Å². The Morgan fingerprint density at radius 1 is 1.62 bits per heavy atom.